The number of benzene rings is 1. The predicted octanol–water partition coefficient (Wildman–Crippen LogP) is 3.41. The van der Waals surface area contributed by atoms with Crippen LogP contribution in [0.2, 0.25) is 0 Å². The third kappa shape index (κ3) is 6.40. The van der Waals surface area contributed by atoms with Crippen LogP contribution in [-0.4, -0.2) is 54.2 Å². The number of alkyl halides is 3. The van der Waals surface area contributed by atoms with Crippen molar-refractivity contribution in [3.8, 4) is 5.75 Å². The van der Waals surface area contributed by atoms with Crippen LogP contribution in [0.5, 0.6) is 5.75 Å². The molecule has 9 nitrogen and oxygen atoms in total. The maximum Gasteiger partial charge on any atom is 0.573 e. The molecule has 1 saturated heterocycles. The Labute approximate surface area is 200 Å². The molecule has 0 saturated carbocycles. The minimum atomic E-state index is -4.80. The number of pyridine rings is 1. The normalized spacial score (nSPS) is 19.6. The van der Waals surface area contributed by atoms with E-state index in [1.807, 2.05) is 0 Å². The van der Waals surface area contributed by atoms with Crippen molar-refractivity contribution in [2.24, 2.45) is 5.92 Å². The lowest BCUT2D eigenvalue weighted by molar-refractivity contribution is -0.274. The van der Waals surface area contributed by atoms with E-state index in [-0.39, 0.29) is 5.75 Å². The summed E-state index contributed by atoms with van der Waals surface area (Å²) in [6.07, 6.45) is -3.80. The second-order valence-corrected chi connectivity index (χ2v) is 7.95. The van der Waals surface area contributed by atoms with Crippen LogP contribution in [0.15, 0.2) is 42.6 Å². The maximum atomic E-state index is 13.0. The quantitative estimate of drug-likeness (QED) is 0.404. The first kappa shape index (κ1) is 26.2. The number of anilines is 1. The average molecular weight is 496 g/mol. The van der Waals surface area contributed by atoms with Crippen molar-refractivity contribution in [3.63, 3.8) is 0 Å². The number of methoxy groups -OCH3 is 1. The molecule has 1 aromatic carbocycles. The second kappa shape index (κ2) is 10.9. The van der Waals surface area contributed by atoms with Crippen molar-refractivity contribution >= 4 is 17.8 Å². The molecule has 0 spiro atoms. The zero-order valence-electron chi connectivity index (χ0n) is 19.4. The first-order valence-electron chi connectivity index (χ1n) is 10.9. The molecule has 1 fully saturated rings. The first-order valence-corrected chi connectivity index (χ1v) is 10.9. The molecule has 3 rings (SSSR count). The van der Waals surface area contributed by atoms with Crippen LogP contribution in [0.4, 0.5) is 23.8 Å². The number of urea groups is 1. The van der Waals surface area contributed by atoms with Crippen LogP contribution >= 0.6 is 0 Å². The fourth-order valence-corrected chi connectivity index (χ4v) is 3.97. The SMILES string of the molecule is CCOC(OC)C1[C@@H](Cc2ccnc(N)c2)C(=O)N1C(=O)NC(C)c1ccc(OC(F)(F)F)cc1. The van der Waals surface area contributed by atoms with E-state index in [1.165, 1.54) is 25.4 Å². The van der Waals surface area contributed by atoms with Crippen LogP contribution in [0.25, 0.3) is 0 Å². The highest BCUT2D eigenvalue weighted by atomic mass is 19.4. The van der Waals surface area contributed by atoms with Crippen molar-refractivity contribution < 1.29 is 37.0 Å². The molecule has 3 unspecified atom stereocenters. The Morgan fingerprint density at radius 3 is 2.51 bits per heavy atom. The Kier molecular flexibility index (Phi) is 8.18. The number of β-lactam (4-membered cyclic amide) rings is 1. The van der Waals surface area contributed by atoms with Gasteiger partial charge in [-0.15, -0.1) is 13.2 Å². The number of nitrogens with one attached hydrogen (secondary N) is 1. The third-order valence-corrected chi connectivity index (χ3v) is 5.58. The van der Waals surface area contributed by atoms with E-state index < -0.39 is 42.6 Å². The smallest absolute Gasteiger partial charge is 0.406 e. The maximum absolute atomic E-state index is 13.0. The zero-order chi connectivity index (χ0) is 25.8. The van der Waals surface area contributed by atoms with Gasteiger partial charge in [-0.2, -0.15) is 0 Å². The van der Waals surface area contributed by atoms with Gasteiger partial charge in [-0.25, -0.2) is 9.78 Å². The summed E-state index contributed by atoms with van der Waals surface area (Å²) < 4.78 is 52.0. The number of amides is 3. The Balaban J connectivity index is 1.73. The van der Waals surface area contributed by atoms with E-state index in [2.05, 4.69) is 15.0 Å². The van der Waals surface area contributed by atoms with Gasteiger partial charge in [0, 0.05) is 19.9 Å². The lowest BCUT2D eigenvalue weighted by atomic mass is 9.82. The number of nitrogens with zero attached hydrogens (tertiary/aromatic N) is 2. The van der Waals surface area contributed by atoms with Gasteiger partial charge < -0.3 is 25.3 Å². The molecule has 0 aliphatic carbocycles. The number of hydrogen-bond donors (Lipinski definition) is 2. The number of ether oxygens (including phenoxy) is 3. The van der Waals surface area contributed by atoms with Gasteiger partial charge in [0.25, 0.3) is 0 Å². The number of hydrogen-bond acceptors (Lipinski definition) is 7. The van der Waals surface area contributed by atoms with Crippen molar-refractivity contribution in [3.05, 3.63) is 53.7 Å². The molecule has 2 heterocycles. The molecule has 12 heteroatoms. The Bertz CT molecular complexity index is 1030. The number of likely N-dealkylation sites (tertiary alicyclic amines) is 1. The van der Waals surface area contributed by atoms with E-state index >= 15 is 0 Å². The molecule has 1 aliphatic heterocycles. The Morgan fingerprint density at radius 1 is 1.26 bits per heavy atom. The van der Waals surface area contributed by atoms with E-state index in [9.17, 15) is 22.8 Å². The van der Waals surface area contributed by atoms with Gasteiger partial charge in [0.1, 0.15) is 17.6 Å². The number of nitrogens with two attached hydrogens (primary N) is 1. The highest BCUT2D eigenvalue weighted by Gasteiger charge is 2.55. The number of halogens is 3. The summed E-state index contributed by atoms with van der Waals surface area (Å²) >= 11 is 0. The van der Waals surface area contributed by atoms with E-state index in [0.29, 0.717) is 24.4 Å². The van der Waals surface area contributed by atoms with Crippen molar-refractivity contribution in [2.45, 2.75) is 45.0 Å². The molecule has 0 bridgehead atoms. The van der Waals surface area contributed by atoms with Crippen LogP contribution in [0.1, 0.15) is 31.0 Å². The fraction of sp³-hybridized carbons (Fsp3) is 0.435. The molecule has 2 aromatic rings. The van der Waals surface area contributed by atoms with Gasteiger partial charge in [-0.3, -0.25) is 9.69 Å². The number of aromatic nitrogens is 1. The van der Waals surface area contributed by atoms with Crippen molar-refractivity contribution in [1.29, 1.82) is 0 Å². The van der Waals surface area contributed by atoms with E-state index in [4.69, 9.17) is 15.2 Å². The van der Waals surface area contributed by atoms with Gasteiger partial charge in [0.05, 0.1) is 12.0 Å². The molecule has 35 heavy (non-hydrogen) atoms. The molecule has 3 amide bonds. The molecular formula is C23H27F3N4O5. The number of imide groups is 1. The van der Waals surface area contributed by atoms with Crippen LogP contribution < -0.4 is 15.8 Å². The molecule has 0 radical (unpaired) electrons. The number of rotatable bonds is 9. The van der Waals surface area contributed by atoms with Crippen molar-refractivity contribution in [1.82, 2.24) is 15.2 Å². The summed E-state index contributed by atoms with van der Waals surface area (Å²) in [5.41, 5.74) is 7.04. The second-order valence-electron chi connectivity index (χ2n) is 7.95. The van der Waals surface area contributed by atoms with Crippen LogP contribution in [0, 0.1) is 5.92 Å². The van der Waals surface area contributed by atoms with Gasteiger partial charge >= 0.3 is 12.4 Å². The summed E-state index contributed by atoms with van der Waals surface area (Å²) in [5.74, 6) is -1.06. The number of carbonyl (C=O) groups is 2. The topological polar surface area (TPSA) is 116 Å². The zero-order valence-corrected chi connectivity index (χ0v) is 19.4. The highest BCUT2D eigenvalue weighted by Crippen LogP contribution is 2.34. The summed E-state index contributed by atoms with van der Waals surface area (Å²) in [5, 5.41) is 2.70. The third-order valence-electron chi connectivity index (χ3n) is 5.58. The van der Waals surface area contributed by atoms with Gasteiger partial charge in [0.15, 0.2) is 6.29 Å². The van der Waals surface area contributed by atoms with Gasteiger partial charge in [-0.05, 0) is 55.7 Å². The molecule has 190 valence electrons. The molecule has 3 N–H and O–H groups in total. The highest BCUT2D eigenvalue weighted by molar-refractivity contribution is 6.01. The van der Waals surface area contributed by atoms with Gasteiger partial charge in [-0.1, -0.05) is 12.1 Å². The minimum Gasteiger partial charge on any atom is -0.406 e. The van der Waals surface area contributed by atoms with Crippen LogP contribution in [0.3, 0.4) is 0 Å². The summed E-state index contributed by atoms with van der Waals surface area (Å²) in [6.45, 7) is 3.71. The van der Waals surface area contributed by atoms with E-state index in [1.54, 1.807) is 26.0 Å². The lowest BCUT2D eigenvalue weighted by Gasteiger charge is -2.48. The number of nitrogen functional groups attached to an aromatic ring is 1. The standard InChI is InChI=1S/C23H27F3N4O5/c1-4-34-21(33-3)19-17(11-14-9-10-28-18(27)12-14)20(31)30(19)22(32)29-13(2)15-5-7-16(8-6-15)35-23(24,25)26/h5-10,12-13,17,19,21H,4,11H2,1-3H3,(H2,27,28)(H,29,32)/t13?,17-,19?,21?/m1/s1. The molecular weight excluding hydrogens is 469 g/mol. The first-order chi connectivity index (χ1) is 16.5. The van der Waals surface area contributed by atoms with Crippen LogP contribution in [-0.2, 0) is 20.7 Å². The predicted molar refractivity (Wildman–Crippen MR) is 119 cm³/mol. The molecule has 1 aliphatic rings. The Hall–Kier alpha value is -3.38. The molecule has 4 atom stereocenters. The summed E-state index contributed by atoms with van der Waals surface area (Å²) in [6, 6.07) is 6.51. The van der Waals surface area contributed by atoms with Gasteiger partial charge in [0.2, 0.25) is 5.91 Å². The largest absolute Gasteiger partial charge is 0.573 e. The lowest BCUT2D eigenvalue weighted by Crippen LogP contribution is -2.70. The fourth-order valence-electron chi connectivity index (χ4n) is 3.97. The molecule has 1 aromatic heterocycles. The van der Waals surface area contributed by atoms with Crippen molar-refractivity contribution in [2.75, 3.05) is 19.5 Å². The summed E-state index contributed by atoms with van der Waals surface area (Å²) in [7, 11) is 1.42. The summed E-state index contributed by atoms with van der Waals surface area (Å²) in [4.78, 5) is 31.0. The average Bonchev–Trinajstić information content (AvgIpc) is 2.79. The van der Waals surface area contributed by atoms with E-state index in [0.717, 1.165) is 22.6 Å². The Morgan fingerprint density at radius 2 is 1.94 bits per heavy atom. The minimum absolute atomic E-state index is 0.302. The number of carbonyl (C=O) groups excluding carboxylic acids is 2. The monoisotopic (exact) mass is 496 g/mol.